The van der Waals surface area contributed by atoms with Crippen LogP contribution < -0.4 is 10.5 Å². The van der Waals surface area contributed by atoms with Crippen LogP contribution in [0.25, 0.3) is 0 Å². The van der Waals surface area contributed by atoms with Gasteiger partial charge in [-0.2, -0.15) is 18.2 Å². The highest BCUT2D eigenvalue weighted by Gasteiger charge is 2.30. The molecule has 0 aliphatic carbocycles. The molecule has 0 atom stereocenters. The second-order valence-electron chi connectivity index (χ2n) is 3.51. The fraction of sp³-hybridized carbons (Fsp3) is 0.0909. The molecule has 1 aromatic carbocycles. The van der Waals surface area contributed by atoms with Crippen LogP contribution in [0.3, 0.4) is 0 Å². The first-order valence-electron chi connectivity index (χ1n) is 4.99. The molecule has 0 fully saturated rings. The number of alkyl halides is 3. The Hall–Kier alpha value is -1.83. The maximum atomic E-state index is 12.4. The minimum absolute atomic E-state index is 0.00473. The molecule has 1 heterocycles. The number of rotatable bonds is 2. The molecule has 1 aromatic heterocycles. The summed E-state index contributed by atoms with van der Waals surface area (Å²) in [6, 6.07) is 4.25. The molecule has 8 heteroatoms. The lowest BCUT2D eigenvalue weighted by atomic mass is 10.2. The minimum atomic E-state index is -4.38. The Labute approximate surface area is 114 Å². The van der Waals surface area contributed by atoms with Crippen molar-refractivity contribution in [2.75, 3.05) is 5.73 Å². The second kappa shape index (κ2) is 5.04. The van der Waals surface area contributed by atoms with Crippen molar-refractivity contribution in [2.45, 2.75) is 6.18 Å². The van der Waals surface area contributed by atoms with Crippen LogP contribution in [0.1, 0.15) is 5.56 Å². The van der Waals surface area contributed by atoms with Gasteiger partial charge in [-0.25, -0.2) is 4.98 Å². The van der Waals surface area contributed by atoms with E-state index in [0.717, 1.165) is 12.1 Å². The summed E-state index contributed by atoms with van der Waals surface area (Å²) in [5.74, 6) is 0.351. The maximum absolute atomic E-state index is 12.4. The van der Waals surface area contributed by atoms with Gasteiger partial charge in [0.25, 0.3) is 0 Å². The van der Waals surface area contributed by atoms with E-state index in [1.807, 2.05) is 0 Å². The number of benzene rings is 1. The smallest absolute Gasteiger partial charge is 0.416 e. The Balaban J connectivity index is 2.22. The van der Waals surface area contributed by atoms with Gasteiger partial charge in [0.05, 0.1) is 16.2 Å². The first-order valence-corrected chi connectivity index (χ1v) is 5.78. The molecule has 2 aromatic rings. The number of aromatic nitrogens is 2. The maximum Gasteiger partial charge on any atom is 0.416 e. The van der Waals surface area contributed by atoms with E-state index >= 15 is 0 Å². The normalized spacial score (nSPS) is 11.4. The molecule has 0 spiro atoms. The zero-order chi connectivity index (χ0) is 14.0. The van der Waals surface area contributed by atoms with Gasteiger partial charge in [-0.15, -0.1) is 0 Å². The molecule has 0 radical (unpaired) electrons. The van der Waals surface area contributed by atoms with Crippen molar-refractivity contribution in [3.8, 4) is 11.6 Å². The summed E-state index contributed by atoms with van der Waals surface area (Å²) in [7, 11) is 0. The van der Waals surface area contributed by atoms with Crippen LogP contribution in [-0.4, -0.2) is 9.97 Å². The van der Waals surface area contributed by atoms with Crippen LogP contribution in [0.2, 0.25) is 0 Å². The van der Waals surface area contributed by atoms with E-state index in [2.05, 4.69) is 25.9 Å². The molecule has 0 bridgehead atoms. The number of halogens is 4. The summed E-state index contributed by atoms with van der Waals surface area (Å²) in [5, 5.41) is 0. The third-order valence-electron chi connectivity index (χ3n) is 2.13. The highest BCUT2D eigenvalue weighted by molar-refractivity contribution is 9.10. The fourth-order valence-corrected chi connectivity index (χ4v) is 1.53. The number of anilines is 1. The lowest BCUT2D eigenvalue weighted by Gasteiger charge is -2.09. The van der Waals surface area contributed by atoms with E-state index in [1.165, 1.54) is 18.3 Å². The number of nitrogens with zero attached hydrogens (tertiary/aromatic N) is 2. The van der Waals surface area contributed by atoms with Crippen LogP contribution in [0.5, 0.6) is 11.6 Å². The Morgan fingerprint density at radius 1 is 1.16 bits per heavy atom. The predicted molar refractivity (Wildman–Crippen MR) is 65.7 cm³/mol. The van der Waals surface area contributed by atoms with Gasteiger partial charge in [0.1, 0.15) is 5.75 Å². The molecule has 0 unspecified atom stereocenters. The highest BCUT2D eigenvalue weighted by Crippen LogP contribution is 2.32. The molecule has 0 saturated carbocycles. The van der Waals surface area contributed by atoms with E-state index in [1.54, 1.807) is 0 Å². The summed E-state index contributed by atoms with van der Waals surface area (Å²) in [6.45, 7) is 0. The van der Waals surface area contributed by atoms with Gasteiger partial charge in [-0.1, -0.05) is 0 Å². The van der Waals surface area contributed by atoms with E-state index in [4.69, 9.17) is 10.5 Å². The van der Waals surface area contributed by atoms with Crippen molar-refractivity contribution in [3.05, 3.63) is 40.5 Å². The van der Waals surface area contributed by atoms with Crippen LogP contribution >= 0.6 is 15.9 Å². The summed E-state index contributed by atoms with van der Waals surface area (Å²) in [4.78, 5) is 7.53. The van der Waals surface area contributed by atoms with Crippen LogP contribution in [0.15, 0.2) is 34.9 Å². The summed E-state index contributed by atoms with van der Waals surface area (Å²) < 4.78 is 42.9. The third kappa shape index (κ3) is 3.34. The van der Waals surface area contributed by atoms with Crippen molar-refractivity contribution >= 4 is 21.9 Å². The quantitative estimate of drug-likeness (QED) is 0.911. The van der Waals surface area contributed by atoms with Gasteiger partial charge in [0.15, 0.2) is 0 Å². The number of hydrogen-bond acceptors (Lipinski definition) is 4. The Morgan fingerprint density at radius 2 is 1.79 bits per heavy atom. The van der Waals surface area contributed by atoms with Crippen molar-refractivity contribution in [1.29, 1.82) is 0 Å². The molecule has 2 N–H and O–H groups in total. The number of nitrogens with two attached hydrogens (primary N) is 1. The molecular weight excluding hydrogens is 327 g/mol. The third-order valence-corrected chi connectivity index (χ3v) is 2.67. The zero-order valence-corrected chi connectivity index (χ0v) is 10.9. The van der Waals surface area contributed by atoms with Crippen molar-refractivity contribution in [3.63, 3.8) is 0 Å². The van der Waals surface area contributed by atoms with Crippen molar-refractivity contribution in [1.82, 2.24) is 9.97 Å². The van der Waals surface area contributed by atoms with Crippen LogP contribution in [0.4, 0.5) is 19.1 Å². The highest BCUT2D eigenvalue weighted by atomic mass is 79.9. The van der Waals surface area contributed by atoms with E-state index in [0.29, 0.717) is 4.47 Å². The SMILES string of the molecule is Nc1ncc(Br)c(Oc2ccc(C(F)(F)F)cc2)n1. The Bertz CT molecular complexity index is 587. The lowest BCUT2D eigenvalue weighted by Crippen LogP contribution is -2.04. The monoisotopic (exact) mass is 333 g/mol. The Kier molecular flexibility index (Phi) is 3.61. The topological polar surface area (TPSA) is 61.0 Å². The standard InChI is InChI=1S/C11H7BrF3N3O/c12-8-5-17-10(16)18-9(8)19-7-3-1-6(2-4-7)11(13,14)15/h1-5H,(H2,16,17,18). The van der Waals surface area contributed by atoms with Gasteiger partial charge >= 0.3 is 6.18 Å². The van der Waals surface area contributed by atoms with E-state index < -0.39 is 11.7 Å². The molecule has 0 aliphatic rings. The van der Waals surface area contributed by atoms with Gasteiger partial charge in [0.2, 0.25) is 11.8 Å². The average molecular weight is 334 g/mol. The van der Waals surface area contributed by atoms with E-state index in [9.17, 15) is 13.2 Å². The first-order chi connectivity index (χ1) is 8.86. The fourth-order valence-electron chi connectivity index (χ4n) is 1.26. The van der Waals surface area contributed by atoms with Gasteiger partial charge < -0.3 is 10.5 Å². The number of hydrogen-bond donors (Lipinski definition) is 1. The predicted octanol–water partition coefficient (Wildman–Crippen LogP) is 3.63. The number of nitrogen functional groups attached to an aromatic ring is 1. The van der Waals surface area contributed by atoms with Gasteiger partial charge in [-0.05, 0) is 40.2 Å². The average Bonchev–Trinajstić information content (AvgIpc) is 2.33. The summed E-state index contributed by atoms with van der Waals surface area (Å²) in [6.07, 6.45) is -2.99. The van der Waals surface area contributed by atoms with Crippen molar-refractivity contribution in [2.24, 2.45) is 0 Å². The van der Waals surface area contributed by atoms with Gasteiger partial charge in [0, 0.05) is 0 Å². The molecule has 2 rings (SSSR count). The van der Waals surface area contributed by atoms with Gasteiger partial charge in [-0.3, -0.25) is 0 Å². The lowest BCUT2D eigenvalue weighted by molar-refractivity contribution is -0.137. The van der Waals surface area contributed by atoms with Crippen molar-refractivity contribution < 1.29 is 17.9 Å². The molecular formula is C11H7BrF3N3O. The minimum Gasteiger partial charge on any atom is -0.438 e. The number of ether oxygens (including phenoxy) is 1. The molecule has 0 aliphatic heterocycles. The van der Waals surface area contributed by atoms with E-state index in [-0.39, 0.29) is 17.6 Å². The zero-order valence-electron chi connectivity index (χ0n) is 9.28. The second-order valence-corrected chi connectivity index (χ2v) is 4.36. The van der Waals surface area contributed by atoms with Crippen LogP contribution in [0, 0.1) is 0 Å². The first kappa shape index (κ1) is 13.6. The Morgan fingerprint density at radius 3 is 2.37 bits per heavy atom. The largest absolute Gasteiger partial charge is 0.438 e. The van der Waals surface area contributed by atoms with Crippen LogP contribution in [-0.2, 0) is 6.18 Å². The molecule has 19 heavy (non-hydrogen) atoms. The summed E-state index contributed by atoms with van der Waals surface area (Å²) >= 11 is 3.15. The molecule has 4 nitrogen and oxygen atoms in total. The molecule has 0 saturated heterocycles. The molecule has 100 valence electrons. The summed E-state index contributed by atoms with van der Waals surface area (Å²) in [5.41, 5.74) is 4.64. The molecule has 0 amide bonds.